The summed E-state index contributed by atoms with van der Waals surface area (Å²) in [5.41, 5.74) is 0. The predicted molar refractivity (Wildman–Crippen MR) is 31.0 cm³/mol. The molecule has 4 nitrogen and oxygen atoms in total. The van der Waals surface area contributed by atoms with Crippen molar-refractivity contribution >= 4 is 11.9 Å². The van der Waals surface area contributed by atoms with Gasteiger partial charge in [-0.3, -0.25) is 0 Å². The normalized spacial score (nSPS) is 19.9. The van der Waals surface area contributed by atoms with Crippen LogP contribution in [0.25, 0.3) is 0 Å². The van der Waals surface area contributed by atoms with Crippen LogP contribution in [0.3, 0.4) is 0 Å². The summed E-state index contributed by atoms with van der Waals surface area (Å²) in [6.07, 6.45) is 1.06. The van der Waals surface area contributed by atoms with Crippen molar-refractivity contribution in [3.63, 3.8) is 0 Å². The Morgan fingerprint density at radius 3 is 2.73 bits per heavy atom. The molecule has 0 saturated carbocycles. The summed E-state index contributed by atoms with van der Waals surface area (Å²) in [6, 6.07) is 0. The number of carboxylic acids is 1. The van der Waals surface area contributed by atoms with E-state index in [1.54, 1.807) is 0 Å². The first-order chi connectivity index (χ1) is 5.09. The van der Waals surface area contributed by atoms with Gasteiger partial charge in [0, 0.05) is 0 Å². The molecule has 0 bridgehead atoms. The maximum atomic E-state index is 12.4. The van der Waals surface area contributed by atoms with E-state index in [9.17, 15) is 14.0 Å². The highest BCUT2D eigenvalue weighted by Gasteiger charge is 2.20. The fourth-order valence-electron chi connectivity index (χ4n) is 0.572. The van der Waals surface area contributed by atoms with Gasteiger partial charge in [-0.05, 0) is 0 Å². The number of carboxylic acid groups (broad SMARTS) is 1. The monoisotopic (exact) mass is 158 g/mol. The topological polar surface area (TPSA) is 63.6 Å². The number of cyclic esters (lactones) is 1. The number of aliphatic carboxylic acids is 1. The van der Waals surface area contributed by atoms with Crippen molar-refractivity contribution in [2.24, 2.45) is 0 Å². The Hall–Kier alpha value is -1.65. The minimum atomic E-state index is -1.36. The molecule has 0 amide bonds. The largest absolute Gasteiger partial charge is 0.478 e. The van der Waals surface area contributed by atoms with Gasteiger partial charge in [0.1, 0.15) is 0 Å². The van der Waals surface area contributed by atoms with Crippen LogP contribution in [0.5, 0.6) is 0 Å². The molecule has 0 aromatic heterocycles. The molecule has 0 aliphatic carbocycles. The third kappa shape index (κ3) is 1.64. The van der Waals surface area contributed by atoms with E-state index in [2.05, 4.69) is 4.74 Å². The summed E-state index contributed by atoms with van der Waals surface area (Å²) in [5.74, 6) is -3.77. The molecule has 0 aromatic carbocycles. The van der Waals surface area contributed by atoms with Crippen LogP contribution in [0.1, 0.15) is 0 Å². The Kier molecular flexibility index (Phi) is 1.72. The zero-order valence-corrected chi connectivity index (χ0v) is 5.20. The van der Waals surface area contributed by atoms with Crippen molar-refractivity contribution in [3.05, 3.63) is 23.7 Å². The van der Waals surface area contributed by atoms with Gasteiger partial charge in [0.25, 0.3) is 0 Å². The minimum Gasteiger partial charge on any atom is -0.478 e. The predicted octanol–water partition coefficient (Wildman–Crippen LogP) is 0.365. The first-order valence-corrected chi connectivity index (χ1v) is 2.63. The molecule has 0 radical (unpaired) electrons. The van der Waals surface area contributed by atoms with E-state index < -0.39 is 23.5 Å². The molecule has 0 atom stereocenters. The van der Waals surface area contributed by atoms with E-state index in [-0.39, 0.29) is 0 Å². The van der Waals surface area contributed by atoms with Crippen molar-refractivity contribution in [3.8, 4) is 0 Å². The van der Waals surface area contributed by atoms with Gasteiger partial charge in [-0.2, -0.15) is 0 Å². The number of esters is 1. The molecular weight excluding hydrogens is 155 g/mol. The Labute approximate surface area is 60.6 Å². The molecule has 0 saturated heterocycles. The molecule has 5 heteroatoms. The number of hydrogen-bond acceptors (Lipinski definition) is 3. The van der Waals surface area contributed by atoms with E-state index in [1.807, 2.05) is 0 Å². The first-order valence-electron chi connectivity index (χ1n) is 2.63. The maximum Gasteiger partial charge on any atom is 0.339 e. The zero-order valence-electron chi connectivity index (χ0n) is 5.20. The molecule has 1 rings (SSSR count). The molecular formula is C6H3FO4. The second-order valence-electron chi connectivity index (χ2n) is 1.76. The molecule has 0 aromatic rings. The Bertz CT molecular complexity index is 276. The molecule has 1 heterocycles. The molecule has 0 unspecified atom stereocenters. The number of halogens is 1. The van der Waals surface area contributed by atoms with Crippen molar-refractivity contribution in [1.29, 1.82) is 0 Å². The van der Waals surface area contributed by atoms with Gasteiger partial charge in [0.2, 0.25) is 0 Å². The summed E-state index contributed by atoms with van der Waals surface area (Å²) in [4.78, 5) is 20.2. The summed E-state index contributed by atoms with van der Waals surface area (Å²) < 4.78 is 16.5. The lowest BCUT2D eigenvalue weighted by Crippen LogP contribution is -1.95. The van der Waals surface area contributed by atoms with Crippen LogP contribution < -0.4 is 0 Å². The lowest BCUT2D eigenvalue weighted by atomic mass is 10.4. The molecule has 1 aliphatic heterocycles. The van der Waals surface area contributed by atoms with Gasteiger partial charge in [-0.1, -0.05) is 0 Å². The lowest BCUT2D eigenvalue weighted by molar-refractivity contribution is -0.132. The second-order valence-corrected chi connectivity index (χ2v) is 1.76. The zero-order chi connectivity index (χ0) is 8.43. The number of allylic oxidation sites excluding steroid dienone is 1. The van der Waals surface area contributed by atoms with Crippen molar-refractivity contribution in [2.45, 2.75) is 0 Å². The minimum absolute atomic E-state index is 0.483. The highest BCUT2D eigenvalue weighted by Crippen LogP contribution is 2.19. The first kappa shape index (κ1) is 7.46. The molecule has 11 heavy (non-hydrogen) atoms. The van der Waals surface area contributed by atoms with E-state index in [4.69, 9.17) is 5.11 Å². The van der Waals surface area contributed by atoms with Gasteiger partial charge >= 0.3 is 11.9 Å². The van der Waals surface area contributed by atoms with Crippen LogP contribution in [0.4, 0.5) is 4.39 Å². The third-order valence-electron chi connectivity index (χ3n) is 0.945. The summed E-state index contributed by atoms with van der Waals surface area (Å²) >= 11 is 0. The van der Waals surface area contributed by atoms with E-state index in [1.165, 1.54) is 0 Å². The fraction of sp³-hybridized carbons (Fsp3) is 0. The summed E-state index contributed by atoms with van der Waals surface area (Å²) in [7, 11) is 0. The smallest absolute Gasteiger partial charge is 0.339 e. The summed E-state index contributed by atoms with van der Waals surface area (Å²) in [5, 5.41) is 8.12. The Morgan fingerprint density at radius 2 is 2.36 bits per heavy atom. The molecule has 1 N–H and O–H groups in total. The third-order valence-corrected chi connectivity index (χ3v) is 0.945. The number of carbonyl (C=O) groups excluding carboxylic acids is 1. The van der Waals surface area contributed by atoms with Gasteiger partial charge in [0.05, 0.1) is 12.2 Å². The van der Waals surface area contributed by atoms with Crippen LogP contribution in [0.15, 0.2) is 23.7 Å². The quantitative estimate of drug-likeness (QED) is 0.442. The molecule has 0 fully saturated rings. The number of ether oxygens (including phenoxy) is 1. The average molecular weight is 158 g/mol. The average Bonchev–Trinajstić information content (AvgIpc) is 2.09. The van der Waals surface area contributed by atoms with Gasteiger partial charge in [0.15, 0.2) is 11.6 Å². The molecule has 58 valence electrons. The Balaban J connectivity index is 2.87. The van der Waals surface area contributed by atoms with Gasteiger partial charge in [-0.15, -0.1) is 0 Å². The van der Waals surface area contributed by atoms with Crippen molar-refractivity contribution in [1.82, 2.24) is 0 Å². The Morgan fingerprint density at radius 1 is 1.73 bits per heavy atom. The van der Waals surface area contributed by atoms with Crippen LogP contribution in [-0.4, -0.2) is 17.0 Å². The van der Waals surface area contributed by atoms with E-state index in [0.717, 1.165) is 0 Å². The fourth-order valence-corrected chi connectivity index (χ4v) is 0.572. The van der Waals surface area contributed by atoms with Crippen LogP contribution in [-0.2, 0) is 14.3 Å². The van der Waals surface area contributed by atoms with Gasteiger partial charge < -0.3 is 9.84 Å². The van der Waals surface area contributed by atoms with Crippen molar-refractivity contribution in [2.75, 3.05) is 0 Å². The van der Waals surface area contributed by atoms with Crippen molar-refractivity contribution < 1.29 is 23.8 Å². The number of hydrogen-bond donors (Lipinski definition) is 1. The van der Waals surface area contributed by atoms with Crippen LogP contribution >= 0.6 is 0 Å². The van der Waals surface area contributed by atoms with E-state index >= 15 is 0 Å². The van der Waals surface area contributed by atoms with E-state index in [0.29, 0.717) is 12.2 Å². The SMILES string of the molecule is O=C(O)C=C1OC(=O)C=C1F. The molecule has 1 aliphatic rings. The highest BCUT2D eigenvalue weighted by molar-refractivity contribution is 5.90. The highest BCUT2D eigenvalue weighted by atomic mass is 19.1. The second kappa shape index (κ2) is 2.53. The van der Waals surface area contributed by atoms with Crippen LogP contribution in [0.2, 0.25) is 0 Å². The maximum absolute atomic E-state index is 12.4. The molecule has 0 spiro atoms. The summed E-state index contributed by atoms with van der Waals surface area (Å²) in [6.45, 7) is 0. The number of carbonyl (C=O) groups is 2. The lowest BCUT2D eigenvalue weighted by Gasteiger charge is -1.92. The van der Waals surface area contributed by atoms with Crippen LogP contribution in [0, 0.1) is 0 Å². The number of rotatable bonds is 1. The standard InChI is InChI=1S/C6H3FO4/c7-3-1-6(10)11-4(3)2-5(8)9/h1-2H,(H,8,9). The van der Waals surface area contributed by atoms with Gasteiger partial charge in [-0.25, -0.2) is 14.0 Å².